The van der Waals surface area contributed by atoms with Gasteiger partial charge in [0.15, 0.2) is 5.78 Å². The molecule has 3 N–H and O–H groups in total. The standard InChI is InChI=1S/C13H15ClN2O3/c14-6-12(18)8-1-3-9(4-2-8)16-13(19)11-5-10(17)7-15-11/h1-4,10-11,15,17H,5-7H2,(H,16,19)/t10-,11+/m1/s1. The molecule has 1 amide bonds. The zero-order chi connectivity index (χ0) is 13.8. The molecule has 1 aromatic carbocycles. The summed E-state index contributed by atoms with van der Waals surface area (Å²) in [4.78, 5) is 23.2. The Morgan fingerprint density at radius 3 is 2.58 bits per heavy atom. The number of alkyl halides is 1. The van der Waals surface area contributed by atoms with Gasteiger partial charge >= 0.3 is 0 Å². The first-order chi connectivity index (χ1) is 9.10. The topological polar surface area (TPSA) is 78.4 Å². The fraction of sp³-hybridized carbons (Fsp3) is 0.385. The average Bonchev–Trinajstić information content (AvgIpc) is 2.85. The van der Waals surface area contributed by atoms with E-state index in [4.69, 9.17) is 11.6 Å². The van der Waals surface area contributed by atoms with Gasteiger partial charge in [-0.1, -0.05) is 0 Å². The Morgan fingerprint density at radius 1 is 1.37 bits per heavy atom. The van der Waals surface area contributed by atoms with E-state index in [0.717, 1.165) is 0 Å². The number of anilines is 1. The molecule has 5 nitrogen and oxygen atoms in total. The lowest BCUT2D eigenvalue weighted by atomic mass is 10.1. The maximum Gasteiger partial charge on any atom is 0.241 e. The van der Waals surface area contributed by atoms with Crippen molar-refractivity contribution in [2.24, 2.45) is 0 Å². The number of aliphatic hydroxyl groups is 1. The van der Waals surface area contributed by atoms with Crippen LogP contribution in [0.4, 0.5) is 5.69 Å². The predicted molar refractivity (Wildman–Crippen MR) is 72.5 cm³/mol. The molecule has 0 bridgehead atoms. The summed E-state index contributed by atoms with van der Waals surface area (Å²) < 4.78 is 0. The highest BCUT2D eigenvalue weighted by Gasteiger charge is 2.27. The van der Waals surface area contributed by atoms with Gasteiger partial charge in [0.1, 0.15) is 0 Å². The minimum atomic E-state index is -0.473. The lowest BCUT2D eigenvalue weighted by Crippen LogP contribution is -2.35. The van der Waals surface area contributed by atoms with Crippen LogP contribution in [0.5, 0.6) is 0 Å². The van der Waals surface area contributed by atoms with E-state index in [0.29, 0.717) is 24.2 Å². The molecule has 0 radical (unpaired) electrons. The number of amides is 1. The van der Waals surface area contributed by atoms with Crippen molar-refractivity contribution in [1.29, 1.82) is 0 Å². The molecule has 1 aliphatic rings. The Morgan fingerprint density at radius 2 is 2.05 bits per heavy atom. The maximum absolute atomic E-state index is 11.9. The van der Waals surface area contributed by atoms with Crippen LogP contribution < -0.4 is 10.6 Å². The molecular weight excluding hydrogens is 268 g/mol. The van der Waals surface area contributed by atoms with Gasteiger partial charge < -0.3 is 15.7 Å². The Hall–Kier alpha value is -1.43. The van der Waals surface area contributed by atoms with E-state index < -0.39 is 6.10 Å². The first kappa shape index (κ1) is 14.0. The Balaban J connectivity index is 1.96. The van der Waals surface area contributed by atoms with Crippen LogP contribution in [0.15, 0.2) is 24.3 Å². The number of Topliss-reactive ketones (excluding diaryl/α,β-unsaturated/α-hetero) is 1. The molecule has 19 heavy (non-hydrogen) atoms. The van der Waals surface area contributed by atoms with Gasteiger partial charge in [0.2, 0.25) is 5.91 Å². The quantitative estimate of drug-likeness (QED) is 0.563. The van der Waals surface area contributed by atoms with E-state index in [1.807, 2.05) is 0 Å². The van der Waals surface area contributed by atoms with Gasteiger partial charge in [-0.3, -0.25) is 9.59 Å². The second-order valence-electron chi connectivity index (χ2n) is 4.47. The molecule has 6 heteroatoms. The van der Waals surface area contributed by atoms with Crippen LogP contribution in [0.2, 0.25) is 0 Å². The summed E-state index contributed by atoms with van der Waals surface area (Å²) in [6.07, 6.45) is -0.0614. The third-order valence-electron chi connectivity index (χ3n) is 3.02. The van der Waals surface area contributed by atoms with Crippen molar-refractivity contribution in [2.45, 2.75) is 18.6 Å². The lowest BCUT2D eigenvalue weighted by molar-refractivity contribution is -0.117. The summed E-state index contributed by atoms with van der Waals surface area (Å²) >= 11 is 5.46. The highest BCUT2D eigenvalue weighted by atomic mass is 35.5. The minimum absolute atomic E-state index is 0.0599. The Bertz CT molecular complexity index is 475. The zero-order valence-corrected chi connectivity index (χ0v) is 11.0. The van der Waals surface area contributed by atoms with Crippen LogP contribution in [0.25, 0.3) is 0 Å². The van der Waals surface area contributed by atoms with Gasteiger partial charge in [-0.2, -0.15) is 0 Å². The summed E-state index contributed by atoms with van der Waals surface area (Å²) in [6.45, 7) is 0.432. The summed E-state index contributed by atoms with van der Waals surface area (Å²) in [6, 6.07) is 6.18. The van der Waals surface area contributed by atoms with Crippen LogP contribution in [0.3, 0.4) is 0 Å². The lowest BCUT2D eigenvalue weighted by Gasteiger charge is -2.11. The summed E-state index contributed by atoms with van der Waals surface area (Å²) in [5.74, 6) is -0.400. The number of benzene rings is 1. The van der Waals surface area contributed by atoms with Gasteiger partial charge in [-0.25, -0.2) is 0 Å². The number of hydrogen-bond acceptors (Lipinski definition) is 4. The first-order valence-corrected chi connectivity index (χ1v) is 6.55. The normalized spacial score (nSPS) is 22.2. The third-order valence-corrected chi connectivity index (χ3v) is 3.26. The van der Waals surface area contributed by atoms with E-state index >= 15 is 0 Å². The molecule has 1 saturated heterocycles. The number of hydrogen-bond donors (Lipinski definition) is 3. The number of rotatable bonds is 4. The molecule has 2 atom stereocenters. The predicted octanol–water partition coefficient (Wildman–Crippen LogP) is 0.769. The van der Waals surface area contributed by atoms with Gasteiger partial charge in [0.25, 0.3) is 0 Å². The van der Waals surface area contributed by atoms with Crippen molar-refractivity contribution in [3.05, 3.63) is 29.8 Å². The van der Waals surface area contributed by atoms with E-state index in [-0.39, 0.29) is 23.6 Å². The Labute approximate surface area is 116 Å². The number of ketones is 1. The van der Waals surface area contributed by atoms with Crippen molar-refractivity contribution < 1.29 is 14.7 Å². The smallest absolute Gasteiger partial charge is 0.241 e. The number of aliphatic hydroxyl groups excluding tert-OH is 1. The van der Waals surface area contributed by atoms with Crippen molar-refractivity contribution in [1.82, 2.24) is 5.32 Å². The number of β-amino-alcohol motifs (C(OH)–C–C–N with tert-alkyl or cyclic N) is 1. The highest BCUT2D eigenvalue weighted by Crippen LogP contribution is 2.13. The van der Waals surface area contributed by atoms with Crippen molar-refractivity contribution in [2.75, 3.05) is 17.7 Å². The second kappa shape index (κ2) is 6.14. The monoisotopic (exact) mass is 282 g/mol. The van der Waals surface area contributed by atoms with Gasteiger partial charge in [0, 0.05) is 17.8 Å². The summed E-state index contributed by atoms with van der Waals surface area (Å²) in [5.41, 5.74) is 1.13. The molecule has 0 aromatic heterocycles. The average molecular weight is 283 g/mol. The molecule has 0 aliphatic carbocycles. The molecule has 2 rings (SSSR count). The van der Waals surface area contributed by atoms with Gasteiger partial charge in [-0.05, 0) is 30.7 Å². The fourth-order valence-corrected chi connectivity index (χ4v) is 2.12. The van der Waals surface area contributed by atoms with Crippen molar-refractivity contribution >= 4 is 29.0 Å². The molecule has 0 unspecified atom stereocenters. The molecular formula is C13H15ClN2O3. The number of nitrogens with one attached hydrogen (secondary N) is 2. The number of halogens is 1. The van der Waals surface area contributed by atoms with Crippen LogP contribution in [0.1, 0.15) is 16.8 Å². The summed E-state index contributed by atoms with van der Waals surface area (Å²) in [7, 11) is 0. The highest BCUT2D eigenvalue weighted by molar-refractivity contribution is 6.30. The first-order valence-electron chi connectivity index (χ1n) is 6.01. The molecule has 1 heterocycles. The van der Waals surface area contributed by atoms with E-state index in [1.165, 1.54) is 0 Å². The number of carbonyl (C=O) groups is 2. The molecule has 0 spiro atoms. The zero-order valence-electron chi connectivity index (χ0n) is 10.2. The molecule has 0 saturated carbocycles. The third kappa shape index (κ3) is 3.53. The van der Waals surface area contributed by atoms with Crippen LogP contribution in [0, 0.1) is 0 Å². The van der Waals surface area contributed by atoms with Crippen molar-refractivity contribution in [3.63, 3.8) is 0 Å². The minimum Gasteiger partial charge on any atom is -0.392 e. The van der Waals surface area contributed by atoms with Gasteiger partial charge in [0.05, 0.1) is 18.0 Å². The maximum atomic E-state index is 11.9. The van der Waals surface area contributed by atoms with E-state index in [2.05, 4.69) is 10.6 Å². The molecule has 102 valence electrons. The molecule has 1 fully saturated rings. The fourth-order valence-electron chi connectivity index (χ4n) is 1.96. The summed E-state index contributed by atoms with van der Waals surface area (Å²) in [5, 5.41) is 15.0. The van der Waals surface area contributed by atoms with E-state index in [1.54, 1.807) is 24.3 Å². The van der Waals surface area contributed by atoms with Crippen LogP contribution >= 0.6 is 11.6 Å². The SMILES string of the molecule is O=C(CCl)c1ccc(NC(=O)[C@@H]2C[C@@H](O)CN2)cc1. The Kier molecular flexibility index (Phi) is 4.52. The van der Waals surface area contributed by atoms with E-state index in [9.17, 15) is 14.7 Å². The number of carbonyl (C=O) groups excluding carboxylic acids is 2. The largest absolute Gasteiger partial charge is 0.392 e. The molecule has 1 aromatic rings. The second-order valence-corrected chi connectivity index (χ2v) is 4.74. The van der Waals surface area contributed by atoms with Crippen LogP contribution in [-0.4, -0.2) is 41.4 Å². The van der Waals surface area contributed by atoms with Crippen molar-refractivity contribution in [3.8, 4) is 0 Å². The molecule has 1 aliphatic heterocycles. The van der Waals surface area contributed by atoms with Gasteiger partial charge in [-0.15, -0.1) is 11.6 Å². The van der Waals surface area contributed by atoms with Crippen LogP contribution in [-0.2, 0) is 4.79 Å².